The Labute approximate surface area is 136 Å². The van der Waals surface area contributed by atoms with E-state index in [0.29, 0.717) is 15.9 Å². The van der Waals surface area contributed by atoms with Crippen LogP contribution in [0.5, 0.6) is 0 Å². The molecule has 2 rings (SSSR count). The third kappa shape index (κ3) is 3.87. The summed E-state index contributed by atoms with van der Waals surface area (Å²) in [5.74, 6) is 0.746. The summed E-state index contributed by atoms with van der Waals surface area (Å²) in [6.45, 7) is 5.18. The summed E-state index contributed by atoms with van der Waals surface area (Å²) in [4.78, 5) is 17.1. The molecule has 0 radical (unpaired) electrons. The SMILES string of the molecule is CCCCCCN[C@@H](C)c1nc2cc(Cl)ccc2c(=O)n1C. The number of halogens is 1. The lowest BCUT2D eigenvalue weighted by molar-refractivity contribution is 0.500. The zero-order chi connectivity index (χ0) is 16.1. The van der Waals surface area contributed by atoms with E-state index in [0.717, 1.165) is 18.8 Å². The van der Waals surface area contributed by atoms with Crippen molar-refractivity contribution in [1.29, 1.82) is 0 Å². The average Bonchev–Trinajstić information content (AvgIpc) is 2.50. The lowest BCUT2D eigenvalue weighted by Gasteiger charge is -2.17. The van der Waals surface area contributed by atoms with Gasteiger partial charge in [0.25, 0.3) is 5.56 Å². The van der Waals surface area contributed by atoms with E-state index in [-0.39, 0.29) is 11.6 Å². The average molecular weight is 322 g/mol. The first-order valence-electron chi connectivity index (χ1n) is 7.94. The summed E-state index contributed by atoms with van der Waals surface area (Å²) in [7, 11) is 1.77. The Morgan fingerprint density at radius 3 is 2.82 bits per heavy atom. The minimum Gasteiger partial charge on any atom is -0.308 e. The lowest BCUT2D eigenvalue weighted by Crippen LogP contribution is -2.29. The van der Waals surface area contributed by atoms with Crippen molar-refractivity contribution >= 4 is 22.5 Å². The maximum atomic E-state index is 12.4. The van der Waals surface area contributed by atoms with Gasteiger partial charge in [0.1, 0.15) is 5.82 Å². The fraction of sp³-hybridized carbons (Fsp3) is 0.529. The van der Waals surface area contributed by atoms with Crippen molar-refractivity contribution in [2.45, 2.75) is 45.6 Å². The van der Waals surface area contributed by atoms with Crippen LogP contribution in [0, 0.1) is 0 Å². The second-order valence-electron chi connectivity index (χ2n) is 5.73. The van der Waals surface area contributed by atoms with E-state index < -0.39 is 0 Å². The number of nitrogens with one attached hydrogen (secondary N) is 1. The molecule has 22 heavy (non-hydrogen) atoms. The monoisotopic (exact) mass is 321 g/mol. The molecule has 0 saturated carbocycles. The number of nitrogens with zero attached hydrogens (tertiary/aromatic N) is 2. The third-order valence-electron chi connectivity index (χ3n) is 3.94. The van der Waals surface area contributed by atoms with E-state index in [4.69, 9.17) is 11.6 Å². The van der Waals surface area contributed by atoms with Gasteiger partial charge in [0.15, 0.2) is 0 Å². The zero-order valence-electron chi connectivity index (χ0n) is 13.5. The molecule has 1 N–H and O–H groups in total. The Morgan fingerprint density at radius 2 is 2.09 bits per heavy atom. The number of hydrogen-bond acceptors (Lipinski definition) is 3. The summed E-state index contributed by atoms with van der Waals surface area (Å²) in [6, 6.07) is 5.24. The summed E-state index contributed by atoms with van der Waals surface area (Å²) >= 11 is 6.01. The predicted octanol–water partition coefficient (Wildman–Crippen LogP) is 3.82. The summed E-state index contributed by atoms with van der Waals surface area (Å²) in [5, 5.41) is 4.65. The number of benzene rings is 1. The van der Waals surface area contributed by atoms with Crippen LogP contribution in [0.15, 0.2) is 23.0 Å². The molecule has 0 amide bonds. The van der Waals surface area contributed by atoms with Crippen molar-refractivity contribution in [3.8, 4) is 0 Å². The highest BCUT2D eigenvalue weighted by atomic mass is 35.5. The summed E-state index contributed by atoms with van der Waals surface area (Å²) in [6.07, 6.45) is 4.87. The lowest BCUT2D eigenvalue weighted by atomic mass is 10.2. The molecule has 0 fully saturated rings. The van der Waals surface area contributed by atoms with E-state index in [9.17, 15) is 4.79 Å². The second-order valence-corrected chi connectivity index (χ2v) is 6.17. The van der Waals surface area contributed by atoms with Crippen LogP contribution < -0.4 is 10.9 Å². The second kappa shape index (κ2) is 7.75. The van der Waals surface area contributed by atoms with Gasteiger partial charge in [-0.1, -0.05) is 37.8 Å². The molecule has 1 atom stereocenters. The van der Waals surface area contributed by atoms with Gasteiger partial charge in [-0.3, -0.25) is 9.36 Å². The maximum Gasteiger partial charge on any atom is 0.261 e. The van der Waals surface area contributed by atoms with Gasteiger partial charge in [0.2, 0.25) is 0 Å². The largest absolute Gasteiger partial charge is 0.308 e. The van der Waals surface area contributed by atoms with E-state index in [2.05, 4.69) is 17.2 Å². The highest BCUT2D eigenvalue weighted by molar-refractivity contribution is 6.31. The van der Waals surface area contributed by atoms with Crippen molar-refractivity contribution in [3.63, 3.8) is 0 Å². The van der Waals surface area contributed by atoms with Gasteiger partial charge in [0, 0.05) is 12.1 Å². The standard InChI is InChI=1S/C17H24ClN3O/c1-4-5-6-7-10-19-12(2)16-20-15-11-13(18)8-9-14(15)17(22)21(16)3/h8-9,11-12,19H,4-7,10H2,1-3H3/t12-/m0/s1. The van der Waals surface area contributed by atoms with Crippen molar-refractivity contribution in [1.82, 2.24) is 14.9 Å². The molecule has 2 aromatic rings. The van der Waals surface area contributed by atoms with E-state index >= 15 is 0 Å². The van der Waals surface area contributed by atoms with Gasteiger partial charge in [0.05, 0.1) is 16.9 Å². The van der Waals surface area contributed by atoms with Crippen LogP contribution >= 0.6 is 11.6 Å². The van der Waals surface area contributed by atoms with Gasteiger partial charge in [-0.25, -0.2) is 4.98 Å². The number of hydrogen-bond donors (Lipinski definition) is 1. The Morgan fingerprint density at radius 1 is 1.32 bits per heavy atom. The third-order valence-corrected chi connectivity index (χ3v) is 4.18. The maximum absolute atomic E-state index is 12.4. The Hall–Kier alpha value is -1.39. The van der Waals surface area contributed by atoms with Gasteiger partial charge in [-0.05, 0) is 38.1 Å². The minimum atomic E-state index is -0.0312. The Balaban J connectivity index is 2.19. The molecule has 0 aliphatic heterocycles. The summed E-state index contributed by atoms with van der Waals surface area (Å²) < 4.78 is 1.62. The molecule has 120 valence electrons. The van der Waals surface area contributed by atoms with Crippen LogP contribution in [0.25, 0.3) is 10.9 Å². The van der Waals surface area contributed by atoms with E-state index in [1.54, 1.807) is 29.8 Å². The molecule has 4 nitrogen and oxygen atoms in total. The van der Waals surface area contributed by atoms with Crippen molar-refractivity contribution in [2.24, 2.45) is 7.05 Å². The zero-order valence-corrected chi connectivity index (χ0v) is 14.3. The highest BCUT2D eigenvalue weighted by Crippen LogP contribution is 2.17. The van der Waals surface area contributed by atoms with Crippen LogP contribution in [0.4, 0.5) is 0 Å². The number of aromatic nitrogens is 2. The first kappa shape index (κ1) is 17.0. The van der Waals surface area contributed by atoms with Gasteiger partial charge in [-0.2, -0.15) is 0 Å². The molecular formula is C17H24ClN3O. The van der Waals surface area contributed by atoms with Crippen LogP contribution in [0.3, 0.4) is 0 Å². The molecule has 0 spiro atoms. The molecule has 1 aromatic carbocycles. The predicted molar refractivity (Wildman–Crippen MR) is 92.6 cm³/mol. The van der Waals surface area contributed by atoms with Gasteiger partial charge < -0.3 is 5.32 Å². The molecule has 1 aromatic heterocycles. The quantitative estimate of drug-likeness (QED) is 0.789. The first-order valence-corrected chi connectivity index (χ1v) is 8.32. The smallest absolute Gasteiger partial charge is 0.261 e. The fourth-order valence-corrected chi connectivity index (χ4v) is 2.78. The molecule has 0 unspecified atom stereocenters. The molecular weight excluding hydrogens is 298 g/mol. The Kier molecular flexibility index (Phi) is 5.98. The van der Waals surface area contributed by atoms with Crippen molar-refractivity contribution in [3.05, 3.63) is 39.4 Å². The fourth-order valence-electron chi connectivity index (χ4n) is 2.61. The van der Waals surface area contributed by atoms with Crippen LogP contribution in [0.2, 0.25) is 5.02 Å². The van der Waals surface area contributed by atoms with Crippen molar-refractivity contribution < 1.29 is 0 Å². The molecule has 0 saturated heterocycles. The number of unbranched alkanes of at least 4 members (excludes halogenated alkanes) is 3. The number of fused-ring (bicyclic) bond motifs is 1. The Bertz CT molecular complexity index is 696. The molecule has 0 aliphatic carbocycles. The van der Waals surface area contributed by atoms with Crippen LogP contribution in [-0.4, -0.2) is 16.1 Å². The highest BCUT2D eigenvalue weighted by Gasteiger charge is 2.14. The van der Waals surface area contributed by atoms with Gasteiger partial charge >= 0.3 is 0 Å². The van der Waals surface area contributed by atoms with E-state index in [1.807, 2.05) is 6.92 Å². The normalized spacial score (nSPS) is 12.7. The molecule has 0 aliphatic rings. The van der Waals surface area contributed by atoms with Crippen LogP contribution in [-0.2, 0) is 7.05 Å². The molecule has 5 heteroatoms. The van der Waals surface area contributed by atoms with Crippen LogP contribution in [0.1, 0.15) is 51.4 Å². The van der Waals surface area contributed by atoms with Gasteiger partial charge in [-0.15, -0.1) is 0 Å². The van der Waals surface area contributed by atoms with E-state index in [1.165, 1.54) is 19.3 Å². The number of rotatable bonds is 7. The van der Waals surface area contributed by atoms with Crippen molar-refractivity contribution in [2.75, 3.05) is 6.54 Å². The summed E-state index contributed by atoms with van der Waals surface area (Å²) in [5.41, 5.74) is 0.626. The molecule has 0 bridgehead atoms. The first-order chi connectivity index (χ1) is 10.5. The minimum absolute atomic E-state index is 0.0303. The molecule has 1 heterocycles. The topological polar surface area (TPSA) is 46.9 Å².